The highest BCUT2D eigenvalue weighted by atomic mass is 32.1. The first-order chi connectivity index (χ1) is 12.3. The average molecular weight is 361 g/mol. The van der Waals surface area contributed by atoms with Crippen LogP contribution in [-0.2, 0) is 13.1 Å². The van der Waals surface area contributed by atoms with Crippen LogP contribution in [0.25, 0.3) is 0 Å². The van der Waals surface area contributed by atoms with Gasteiger partial charge in [-0.25, -0.2) is 9.37 Å². The number of hydrogen-bond donors (Lipinski definition) is 0. The Hall–Kier alpha value is -1.37. The topological polar surface area (TPSA) is 32.3 Å². The molecular weight excluding hydrogens is 335 g/mol. The maximum atomic E-state index is 13.2. The highest BCUT2D eigenvalue weighted by molar-refractivity contribution is 7.09. The third-order valence-electron chi connectivity index (χ3n) is 5.29. The second-order valence-corrected chi connectivity index (χ2v) is 8.11. The van der Waals surface area contributed by atoms with Crippen molar-refractivity contribution in [2.75, 3.05) is 26.2 Å². The smallest absolute Gasteiger partial charge is 0.141 e. The molecule has 0 N–H and O–H groups in total. The van der Waals surface area contributed by atoms with Gasteiger partial charge in [0.25, 0.3) is 0 Å². The molecule has 0 radical (unpaired) electrons. The molecular formula is C19H25FN4S. The van der Waals surface area contributed by atoms with Gasteiger partial charge in [0.15, 0.2) is 0 Å². The summed E-state index contributed by atoms with van der Waals surface area (Å²) in [6.45, 7) is 5.84. The van der Waals surface area contributed by atoms with E-state index in [1.165, 1.54) is 42.6 Å². The molecule has 0 amide bonds. The lowest BCUT2D eigenvalue weighted by Crippen LogP contribution is -2.45. The second-order valence-electron chi connectivity index (χ2n) is 7.22. The molecule has 134 valence electrons. The number of piperazine rings is 1. The SMILES string of the molecule is Fc1cncc(CN2CCN(Cc3csc(C4CCCC4)n3)CC2)c1. The molecule has 1 aliphatic heterocycles. The van der Waals surface area contributed by atoms with E-state index in [1.54, 1.807) is 12.3 Å². The summed E-state index contributed by atoms with van der Waals surface area (Å²) in [6.07, 6.45) is 8.39. The molecule has 4 rings (SSSR count). The van der Waals surface area contributed by atoms with Crippen molar-refractivity contribution in [3.63, 3.8) is 0 Å². The normalized spacial score (nSPS) is 20.4. The maximum Gasteiger partial charge on any atom is 0.141 e. The first-order valence-corrected chi connectivity index (χ1v) is 10.1. The lowest BCUT2D eigenvalue weighted by atomic mass is 10.1. The van der Waals surface area contributed by atoms with Crippen LogP contribution < -0.4 is 0 Å². The van der Waals surface area contributed by atoms with Crippen molar-refractivity contribution in [2.45, 2.75) is 44.7 Å². The van der Waals surface area contributed by atoms with Gasteiger partial charge in [0.1, 0.15) is 5.82 Å². The van der Waals surface area contributed by atoms with E-state index in [2.05, 4.69) is 20.2 Å². The number of pyridine rings is 1. The van der Waals surface area contributed by atoms with Crippen LogP contribution in [0, 0.1) is 5.82 Å². The zero-order valence-corrected chi connectivity index (χ0v) is 15.3. The Bertz CT molecular complexity index is 690. The lowest BCUT2D eigenvalue weighted by Gasteiger charge is -2.34. The fourth-order valence-electron chi connectivity index (χ4n) is 3.89. The van der Waals surface area contributed by atoms with E-state index in [1.807, 2.05) is 11.3 Å². The van der Waals surface area contributed by atoms with Crippen molar-refractivity contribution in [1.29, 1.82) is 0 Å². The zero-order chi connectivity index (χ0) is 17.1. The number of rotatable bonds is 5. The molecule has 0 spiro atoms. The number of halogens is 1. The van der Waals surface area contributed by atoms with Gasteiger partial charge in [-0.15, -0.1) is 11.3 Å². The van der Waals surface area contributed by atoms with Crippen molar-refractivity contribution >= 4 is 11.3 Å². The summed E-state index contributed by atoms with van der Waals surface area (Å²) in [7, 11) is 0. The first-order valence-electron chi connectivity index (χ1n) is 9.25. The highest BCUT2D eigenvalue weighted by Gasteiger charge is 2.22. The molecule has 0 bridgehead atoms. The van der Waals surface area contributed by atoms with E-state index in [9.17, 15) is 4.39 Å². The fraction of sp³-hybridized carbons (Fsp3) is 0.579. The largest absolute Gasteiger partial charge is 0.296 e. The lowest BCUT2D eigenvalue weighted by molar-refractivity contribution is 0.121. The van der Waals surface area contributed by atoms with Gasteiger partial charge in [-0.3, -0.25) is 14.8 Å². The molecule has 2 fully saturated rings. The standard InChI is InChI=1S/C19H25FN4S/c20-17-9-15(10-21-11-17)12-23-5-7-24(8-6-23)13-18-14-25-19(22-18)16-3-1-2-4-16/h9-11,14,16H,1-8,12-13H2. The molecule has 25 heavy (non-hydrogen) atoms. The van der Waals surface area contributed by atoms with Crippen molar-refractivity contribution in [3.8, 4) is 0 Å². The van der Waals surface area contributed by atoms with Gasteiger partial charge in [0, 0.05) is 56.8 Å². The Morgan fingerprint density at radius 2 is 1.76 bits per heavy atom. The number of thiazole rings is 1. The minimum Gasteiger partial charge on any atom is -0.296 e. The van der Waals surface area contributed by atoms with Crippen LogP contribution in [-0.4, -0.2) is 45.9 Å². The van der Waals surface area contributed by atoms with Crippen molar-refractivity contribution in [1.82, 2.24) is 19.8 Å². The predicted molar refractivity (Wildman–Crippen MR) is 98.1 cm³/mol. The Morgan fingerprint density at radius 1 is 1.04 bits per heavy atom. The molecule has 2 aliphatic rings. The predicted octanol–water partition coefficient (Wildman–Crippen LogP) is 3.65. The fourth-order valence-corrected chi connectivity index (χ4v) is 4.87. The number of nitrogens with zero attached hydrogens (tertiary/aromatic N) is 4. The second kappa shape index (κ2) is 7.89. The van der Waals surface area contributed by atoms with Crippen LogP contribution in [0.1, 0.15) is 47.9 Å². The maximum absolute atomic E-state index is 13.2. The molecule has 1 saturated heterocycles. The molecule has 6 heteroatoms. The first kappa shape index (κ1) is 17.1. The monoisotopic (exact) mass is 360 g/mol. The summed E-state index contributed by atoms with van der Waals surface area (Å²) in [6, 6.07) is 1.58. The van der Waals surface area contributed by atoms with E-state index in [-0.39, 0.29) is 5.82 Å². The van der Waals surface area contributed by atoms with E-state index in [4.69, 9.17) is 4.98 Å². The molecule has 0 unspecified atom stereocenters. The van der Waals surface area contributed by atoms with Crippen LogP contribution in [0.4, 0.5) is 4.39 Å². The van der Waals surface area contributed by atoms with Gasteiger partial charge in [-0.1, -0.05) is 12.8 Å². The average Bonchev–Trinajstić information content (AvgIpc) is 3.28. The summed E-state index contributed by atoms with van der Waals surface area (Å²) in [5, 5.41) is 3.60. The molecule has 0 aromatic carbocycles. The highest BCUT2D eigenvalue weighted by Crippen LogP contribution is 2.35. The quantitative estimate of drug-likeness (QED) is 0.815. The van der Waals surface area contributed by atoms with E-state index < -0.39 is 0 Å². The van der Waals surface area contributed by atoms with Gasteiger partial charge in [0.2, 0.25) is 0 Å². The Morgan fingerprint density at radius 3 is 2.48 bits per heavy atom. The van der Waals surface area contributed by atoms with Gasteiger partial charge < -0.3 is 0 Å². The van der Waals surface area contributed by atoms with Crippen LogP contribution in [0.5, 0.6) is 0 Å². The van der Waals surface area contributed by atoms with Crippen LogP contribution in [0.3, 0.4) is 0 Å². The summed E-state index contributed by atoms with van der Waals surface area (Å²) in [5.74, 6) is 0.466. The van der Waals surface area contributed by atoms with Crippen LogP contribution in [0.2, 0.25) is 0 Å². The van der Waals surface area contributed by atoms with Crippen molar-refractivity contribution in [3.05, 3.63) is 45.9 Å². The van der Waals surface area contributed by atoms with E-state index in [0.717, 1.165) is 50.7 Å². The third kappa shape index (κ3) is 4.43. The Balaban J connectivity index is 1.26. The minimum atomic E-state index is -0.252. The van der Waals surface area contributed by atoms with Crippen molar-refractivity contribution < 1.29 is 4.39 Å². The van der Waals surface area contributed by atoms with Crippen molar-refractivity contribution in [2.24, 2.45) is 0 Å². The van der Waals surface area contributed by atoms with Gasteiger partial charge in [-0.2, -0.15) is 0 Å². The summed E-state index contributed by atoms with van der Waals surface area (Å²) >= 11 is 1.85. The Kier molecular flexibility index (Phi) is 5.39. The van der Waals surface area contributed by atoms with Gasteiger partial charge in [0.05, 0.1) is 16.9 Å². The van der Waals surface area contributed by atoms with E-state index in [0.29, 0.717) is 0 Å². The molecule has 0 atom stereocenters. The molecule has 1 aliphatic carbocycles. The molecule has 2 aromatic rings. The van der Waals surface area contributed by atoms with Gasteiger partial charge >= 0.3 is 0 Å². The third-order valence-corrected chi connectivity index (χ3v) is 6.35. The summed E-state index contributed by atoms with van der Waals surface area (Å²) in [5.41, 5.74) is 2.18. The number of aromatic nitrogens is 2. The summed E-state index contributed by atoms with van der Waals surface area (Å²) in [4.78, 5) is 13.7. The van der Waals surface area contributed by atoms with Crippen LogP contribution >= 0.6 is 11.3 Å². The minimum absolute atomic E-state index is 0.252. The summed E-state index contributed by atoms with van der Waals surface area (Å²) < 4.78 is 13.2. The Labute approximate surface area is 152 Å². The number of hydrogen-bond acceptors (Lipinski definition) is 5. The molecule has 1 saturated carbocycles. The molecule has 4 nitrogen and oxygen atoms in total. The zero-order valence-electron chi connectivity index (χ0n) is 14.5. The van der Waals surface area contributed by atoms with Crippen LogP contribution in [0.15, 0.2) is 23.8 Å². The van der Waals surface area contributed by atoms with E-state index >= 15 is 0 Å². The van der Waals surface area contributed by atoms with Gasteiger partial charge in [-0.05, 0) is 24.5 Å². The molecule has 2 aromatic heterocycles. The molecule has 3 heterocycles.